The van der Waals surface area contributed by atoms with Crippen LogP contribution in [0.1, 0.15) is 20.1 Å². The Labute approximate surface area is 118 Å². The minimum absolute atomic E-state index is 0.0111. The summed E-state index contributed by atoms with van der Waals surface area (Å²) in [7, 11) is 0.498. The van der Waals surface area contributed by atoms with Gasteiger partial charge in [0.05, 0.1) is 10.6 Å². The summed E-state index contributed by atoms with van der Waals surface area (Å²) in [6.45, 7) is 3.19. The van der Waals surface area contributed by atoms with Crippen LogP contribution in [0, 0.1) is 6.92 Å². The predicted octanol–water partition coefficient (Wildman–Crippen LogP) is 0.893. The molecule has 1 amide bonds. The maximum atomic E-state index is 12.1. The molecule has 7 heteroatoms. The van der Waals surface area contributed by atoms with Crippen molar-refractivity contribution in [3.05, 3.63) is 21.4 Å². The van der Waals surface area contributed by atoms with Crippen LogP contribution in [0.4, 0.5) is 0 Å². The molecule has 0 bridgehead atoms. The van der Waals surface area contributed by atoms with Crippen LogP contribution in [0.2, 0.25) is 0 Å². The van der Waals surface area contributed by atoms with Crippen LogP contribution in [0.15, 0.2) is 6.07 Å². The zero-order chi connectivity index (χ0) is 14.6. The van der Waals surface area contributed by atoms with Gasteiger partial charge in [0.1, 0.15) is 0 Å². The van der Waals surface area contributed by atoms with E-state index in [0.717, 1.165) is 17.0 Å². The van der Waals surface area contributed by atoms with E-state index < -0.39 is 9.84 Å². The van der Waals surface area contributed by atoms with Crippen LogP contribution in [0.25, 0.3) is 0 Å². The molecule has 108 valence electrons. The lowest BCUT2D eigenvalue weighted by atomic mass is 10.2. The molecule has 0 fully saturated rings. The van der Waals surface area contributed by atoms with Crippen molar-refractivity contribution in [3.63, 3.8) is 0 Å². The monoisotopic (exact) mass is 304 g/mol. The minimum atomic E-state index is -3.07. The average molecular weight is 304 g/mol. The second-order valence-corrected chi connectivity index (χ2v) is 7.99. The highest BCUT2D eigenvalue weighted by Crippen LogP contribution is 2.24. The zero-order valence-electron chi connectivity index (χ0n) is 11.7. The van der Waals surface area contributed by atoms with E-state index in [9.17, 15) is 13.2 Å². The van der Waals surface area contributed by atoms with Gasteiger partial charge < -0.3 is 10.2 Å². The molecule has 0 aliphatic rings. The summed E-state index contributed by atoms with van der Waals surface area (Å²) in [5.74, 6) is -0.0776. The third-order valence-corrected chi connectivity index (χ3v) is 4.61. The fraction of sp³-hybridized carbons (Fsp3) is 0.583. The summed E-state index contributed by atoms with van der Waals surface area (Å²) in [5, 5.41) is 2.98. The molecular weight excluding hydrogens is 284 g/mol. The van der Waals surface area contributed by atoms with E-state index in [1.165, 1.54) is 17.6 Å². The Bertz CT molecular complexity index is 549. The van der Waals surface area contributed by atoms with Crippen molar-refractivity contribution in [2.75, 3.05) is 33.4 Å². The standard InChI is InChI=1S/C12H20N2O3S2/c1-9-10(8-19(4,16)17)7-11(18-9)12(15)14(3)6-5-13-2/h7,13H,5-6,8H2,1-4H3. The number of thiophene rings is 1. The second-order valence-electron chi connectivity index (χ2n) is 4.59. The van der Waals surface area contributed by atoms with Crippen molar-refractivity contribution in [3.8, 4) is 0 Å². The third-order valence-electron chi connectivity index (χ3n) is 2.69. The maximum Gasteiger partial charge on any atom is 0.263 e. The number of nitrogens with zero attached hydrogens (tertiary/aromatic N) is 1. The molecule has 1 rings (SSSR count). The molecule has 0 saturated heterocycles. The number of aryl methyl sites for hydroxylation is 1. The van der Waals surface area contributed by atoms with Crippen LogP contribution in [-0.2, 0) is 15.6 Å². The van der Waals surface area contributed by atoms with Gasteiger partial charge in [0.15, 0.2) is 9.84 Å². The first-order valence-corrected chi connectivity index (χ1v) is 8.79. The number of carbonyl (C=O) groups excluding carboxylic acids is 1. The lowest BCUT2D eigenvalue weighted by Gasteiger charge is -2.15. The quantitative estimate of drug-likeness (QED) is 0.848. The first-order valence-electron chi connectivity index (χ1n) is 5.91. The van der Waals surface area contributed by atoms with Crippen molar-refractivity contribution in [2.24, 2.45) is 0 Å². The molecule has 1 N–H and O–H groups in total. The summed E-state index contributed by atoms with van der Waals surface area (Å²) in [6.07, 6.45) is 1.20. The normalized spacial score (nSPS) is 11.6. The Hall–Kier alpha value is -0.920. The van der Waals surface area contributed by atoms with Crippen LogP contribution < -0.4 is 5.32 Å². The number of likely N-dealkylation sites (N-methyl/N-ethyl adjacent to an activating group) is 2. The molecule has 1 heterocycles. The fourth-order valence-corrected chi connectivity index (χ4v) is 3.61. The molecule has 1 aromatic rings. The molecule has 0 unspecified atom stereocenters. The minimum Gasteiger partial charge on any atom is -0.340 e. The number of hydrogen-bond acceptors (Lipinski definition) is 5. The topological polar surface area (TPSA) is 66.5 Å². The first-order chi connectivity index (χ1) is 8.74. The third kappa shape index (κ3) is 4.93. The van der Waals surface area contributed by atoms with Crippen molar-refractivity contribution < 1.29 is 13.2 Å². The second kappa shape index (κ2) is 6.49. The largest absolute Gasteiger partial charge is 0.340 e. The van der Waals surface area contributed by atoms with Gasteiger partial charge in [-0.1, -0.05) is 0 Å². The predicted molar refractivity (Wildman–Crippen MR) is 78.5 cm³/mol. The van der Waals surface area contributed by atoms with Gasteiger partial charge in [0, 0.05) is 31.3 Å². The number of sulfone groups is 1. The summed E-state index contributed by atoms with van der Waals surface area (Å²) in [4.78, 5) is 15.2. The van der Waals surface area contributed by atoms with E-state index in [0.29, 0.717) is 11.4 Å². The van der Waals surface area contributed by atoms with E-state index in [1.807, 2.05) is 14.0 Å². The molecule has 5 nitrogen and oxygen atoms in total. The van der Waals surface area contributed by atoms with Gasteiger partial charge in [0.25, 0.3) is 5.91 Å². The summed E-state index contributed by atoms with van der Waals surface area (Å²) >= 11 is 1.35. The van der Waals surface area contributed by atoms with Crippen molar-refractivity contribution in [1.82, 2.24) is 10.2 Å². The molecule has 0 saturated carbocycles. The van der Waals surface area contributed by atoms with Gasteiger partial charge in [-0.25, -0.2) is 8.42 Å². The van der Waals surface area contributed by atoms with Gasteiger partial charge in [-0.05, 0) is 25.6 Å². The highest BCUT2D eigenvalue weighted by atomic mass is 32.2. The van der Waals surface area contributed by atoms with Crippen LogP contribution in [-0.4, -0.2) is 52.7 Å². The zero-order valence-corrected chi connectivity index (χ0v) is 13.3. The fourth-order valence-electron chi connectivity index (χ4n) is 1.62. The molecule has 0 spiro atoms. The summed E-state index contributed by atoms with van der Waals surface area (Å²) < 4.78 is 22.6. The number of hydrogen-bond donors (Lipinski definition) is 1. The SMILES string of the molecule is CNCCN(C)C(=O)c1cc(CS(C)(=O)=O)c(C)s1. The van der Waals surface area contributed by atoms with Gasteiger partial charge in [-0.2, -0.15) is 0 Å². The Morgan fingerprint density at radius 1 is 1.47 bits per heavy atom. The van der Waals surface area contributed by atoms with E-state index >= 15 is 0 Å². The van der Waals surface area contributed by atoms with E-state index in [2.05, 4.69) is 5.32 Å². The maximum absolute atomic E-state index is 12.1. The summed E-state index contributed by atoms with van der Waals surface area (Å²) in [5.41, 5.74) is 0.720. The molecule has 0 aliphatic carbocycles. The van der Waals surface area contributed by atoms with E-state index in [-0.39, 0.29) is 11.7 Å². The van der Waals surface area contributed by atoms with Crippen LogP contribution in [0.3, 0.4) is 0 Å². The lowest BCUT2D eigenvalue weighted by molar-refractivity contribution is 0.0801. The number of nitrogens with one attached hydrogen (secondary N) is 1. The Kier molecular flexibility index (Phi) is 5.51. The van der Waals surface area contributed by atoms with E-state index in [1.54, 1.807) is 18.0 Å². The van der Waals surface area contributed by atoms with Gasteiger partial charge in [-0.15, -0.1) is 11.3 Å². The molecule has 19 heavy (non-hydrogen) atoms. The lowest BCUT2D eigenvalue weighted by Crippen LogP contribution is -2.32. The van der Waals surface area contributed by atoms with Gasteiger partial charge in [-0.3, -0.25) is 4.79 Å². The Morgan fingerprint density at radius 2 is 2.11 bits per heavy atom. The van der Waals surface area contributed by atoms with Crippen molar-refractivity contribution in [1.29, 1.82) is 0 Å². The molecule has 0 aromatic carbocycles. The molecule has 1 aromatic heterocycles. The summed E-state index contributed by atoms with van der Waals surface area (Å²) in [6, 6.07) is 1.69. The molecule has 0 aliphatic heterocycles. The van der Waals surface area contributed by atoms with Crippen molar-refractivity contribution in [2.45, 2.75) is 12.7 Å². The molecule has 0 radical (unpaired) electrons. The van der Waals surface area contributed by atoms with Crippen LogP contribution in [0.5, 0.6) is 0 Å². The average Bonchev–Trinajstić information content (AvgIpc) is 2.64. The number of rotatable bonds is 6. The first kappa shape index (κ1) is 16.1. The van der Waals surface area contributed by atoms with Gasteiger partial charge in [0.2, 0.25) is 0 Å². The Balaban J connectivity index is 2.85. The number of amides is 1. The molecular formula is C12H20N2O3S2. The van der Waals surface area contributed by atoms with Crippen molar-refractivity contribution >= 4 is 27.1 Å². The Morgan fingerprint density at radius 3 is 2.63 bits per heavy atom. The van der Waals surface area contributed by atoms with Crippen LogP contribution >= 0.6 is 11.3 Å². The molecule has 0 atom stereocenters. The highest BCUT2D eigenvalue weighted by Gasteiger charge is 2.17. The van der Waals surface area contributed by atoms with E-state index in [4.69, 9.17) is 0 Å². The number of carbonyl (C=O) groups is 1. The van der Waals surface area contributed by atoms with Gasteiger partial charge >= 0.3 is 0 Å². The highest BCUT2D eigenvalue weighted by molar-refractivity contribution is 7.89. The smallest absolute Gasteiger partial charge is 0.263 e.